The lowest BCUT2D eigenvalue weighted by molar-refractivity contribution is 0.478. The van der Waals surface area contributed by atoms with Crippen LogP contribution < -0.4 is 15.8 Å². The van der Waals surface area contributed by atoms with E-state index in [0.717, 1.165) is 5.69 Å². The molecule has 21 heavy (non-hydrogen) atoms. The molecule has 110 valence electrons. The molecule has 0 aromatic heterocycles. The zero-order chi connectivity index (χ0) is 15.2. The maximum atomic E-state index is 13.2. The fourth-order valence-corrected chi connectivity index (χ4v) is 1.81. The molecule has 0 heterocycles. The third kappa shape index (κ3) is 4.49. The van der Waals surface area contributed by atoms with Crippen molar-refractivity contribution < 1.29 is 9.13 Å². The second-order valence-corrected chi connectivity index (χ2v) is 4.77. The Morgan fingerprint density at radius 3 is 2.81 bits per heavy atom. The Morgan fingerprint density at radius 2 is 2.10 bits per heavy atom. The molecule has 0 fully saturated rings. The molecule has 0 aliphatic heterocycles. The Hall–Kier alpha value is -2.56. The van der Waals surface area contributed by atoms with Crippen molar-refractivity contribution >= 4 is 17.1 Å². The first-order valence-corrected chi connectivity index (χ1v) is 6.65. The van der Waals surface area contributed by atoms with Gasteiger partial charge in [-0.1, -0.05) is 6.07 Å². The van der Waals surface area contributed by atoms with Gasteiger partial charge in [0.1, 0.15) is 11.6 Å². The van der Waals surface area contributed by atoms with Crippen LogP contribution in [0, 0.1) is 11.2 Å². The van der Waals surface area contributed by atoms with Gasteiger partial charge >= 0.3 is 0 Å². The second kappa shape index (κ2) is 6.74. The molecule has 5 heteroatoms. The van der Waals surface area contributed by atoms with Crippen LogP contribution >= 0.6 is 0 Å². The quantitative estimate of drug-likeness (QED) is 0.554. The molecule has 0 unspecified atom stereocenters. The summed E-state index contributed by atoms with van der Waals surface area (Å²) in [6.07, 6.45) is 0.643. The Labute approximate surface area is 123 Å². The van der Waals surface area contributed by atoms with Gasteiger partial charge < -0.3 is 21.2 Å². The van der Waals surface area contributed by atoms with Crippen molar-refractivity contribution in [2.45, 2.75) is 13.3 Å². The molecule has 0 radical (unpaired) electrons. The first-order chi connectivity index (χ1) is 10.0. The van der Waals surface area contributed by atoms with Gasteiger partial charge in [0, 0.05) is 36.5 Å². The van der Waals surface area contributed by atoms with Crippen LogP contribution in [0.15, 0.2) is 42.5 Å². The monoisotopic (exact) mass is 287 g/mol. The van der Waals surface area contributed by atoms with Crippen molar-refractivity contribution in [1.82, 2.24) is 0 Å². The Kier molecular flexibility index (Phi) is 4.77. The average Bonchev–Trinajstić information content (AvgIpc) is 2.41. The van der Waals surface area contributed by atoms with E-state index in [4.69, 9.17) is 15.9 Å². The summed E-state index contributed by atoms with van der Waals surface area (Å²) in [5, 5.41) is 10.6. The summed E-state index contributed by atoms with van der Waals surface area (Å²) in [4.78, 5) is 0. The van der Waals surface area contributed by atoms with E-state index in [1.54, 1.807) is 31.2 Å². The number of hydrogen-bond acceptors (Lipinski definition) is 4. The number of rotatable bonds is 6. The molecule has 0 saturated heterocycles. The van der Waals surface area contributed by atoms with Crippen LogP contribution in [-0.4, -0.2) is 12.3 Å². The summed E-state index contributed by atoms with van der Waals surface area (Å²) in [6, 6.07) is 11.2. The molecule has 4 N–H and O–H groups in total. The highest BCUT2D eigenvalue weighted by Gasteiger charge is 2.06. The molecule has 0 amide bonds. The van der Waals surface area contributed by atoms with Gasteiger partial charge in [0.15, 0.2) is 5.75 Å². The van der Waals surface area contributed by atoms with Crippen molar-refractivity contribution in [2.75, 3.05) is 17.6 Å². The molecule has 0 aliphatic carbocycles. The van der Waals surface area contributed by atoms with E-state index < -0.39 is 0 Å². The average molecular weight is 287 g/mol. The third-order valence-electron chi connectivity index (χ3n) is 2.85. The summed E-state index contributed by atoms with van der Waals surface area (Å²) in [6.45, 7) is 2.38. The maximum Gasteiger partial charge on any atom is 0.152 e. The molecular formula is C16H18FN3O. The zero-order valence-electron chi connectivity index (χ0n) is 11.8. The van der Waals surface area contributed by atoms with E-state index in [1.807, 2.05) is 6.07 Å². The van der Waals surface area contributed by atoms with Gasteiger partial charge in [-0.05, 0) is 31.2 Å². The van der Waals surface area contributed by atoms with Crippen molar-refractivity contribution in [2.24, 2.45) is 0 Å². The predicted octanol–water partition coefficient (Wildman–Crippen LogP) is 4.04. The molecule has 0 bridgehead atoms. The van der Waals surface area contributed by atoms with Crippen LogP contribution in [0.25, 0.3) is 0 Å². The number of hydrogen-bond donors (Lipinski definition) is 3. The molecule has 2 aromatic carbocycles. The number of ether oxygens (including phenoxy) is 1. The van der Waals surface area contributed by atoms with Crippen molar-refractivity contribution in [3.63, 3.8) is 0 Å². The third-order valence-corrected chi connectivity index (χ3v) is 2.85. The fraction of sp³-hybridized carbons (Fsp3) is 0.188. The molecule has 2 aromatic rings. The molecule has 0 atom stereocenters. The normalized spacial score (nSPS) is 10.2. The first-order valence-electron chi connectivity index (χ1n) is 6.65. The summed E-state index contributed by atoms with van der Waals surface area (Å²) in [7, 11) is 0. The zero-order valence-corrected chi connectivity index (χ0v) is 11.8. The lowest BCUT2D eigenvalue weighted by Gasteiger charge is -2.13. The number of halogens is 1. The summed E-state index contributed by atoms with van der Waals surface area (Å²) in [5.74, 6) is 0.584. The maximum absolute atomic E-state index is 13.2. The van der Waals surface area contributed by atoms with E-state index in [2.05, 4.69) is 5.32 Å². The number of nitrogens with two attached hydrogens (primary N) is 1. The van der Waals surface area contributed by atoms with E-state index in [9.17, 15) is 4.39 Å². The largest absolute Gasteiger partial charge is 0.455 e. The second-order valence-electron chi connectivity index (χ2n) is 4.77. The fourth-order valence-electron chi connectivity index (χ4n) is 1.81. The van der Waals surface area contributed by atoms with Crippen molar-refractivity contribution in [3.8, 4) is 11.5 Å². The molecular weight excluding hydrogens is 269 g/mol. The topological polar surface area (TPSA) is 71.1 Å². The van der Waals surface area contributed by atoms with Gasteiger partial charge in [-0.3, -0.25) is 0 Å². The van der Waals surface area contributed by atoms with E-state index in [0.29, 0.717) is 35.9 Å². The van der Waals surface area contributed by atoms with Gasteiger partial charge in [-0.25, -0.2) is 4.39 Å². The highest BCUT2D eigenvalue weighted by molar-refractivity contribution is 5.79. The Morgan fingerprint density at radius 1 is 1.29 bits per heavy atom. The van der Waals surface area contributed by atoms with Gasteiger partial charge in [0.05, 0.1) is 5.69 Å². The van der Waals surface area contributed by atoms with Crippen LogP contribution in [0.5, 0.6) is 11.5 Å². The van der Waals surface area contributed by atoms with Crippen LogP contribution in [0.4, 0.5) is 15.8 Å². The highest BCUT2D eigenvalue weighted by atomic mass is 19.1. The molecule has 0 aliphatic rings. The minimum absolute atomic E-state index is 0.356. The van der Waals surface area contributed by atoms with E-state index in [-0.39, 0.29) is 5.82 Å². The van der Waals surface area contributed by atoms with Crippen molar-refractivity contribution in [1.29, 1.82) is 5.41 Å². The summed E-state index contributed by atoms with van der Waals surface area (Å²) in [5.41, 5.74) is 7.70. The van der Waals surface area contributed by atoms with Gasteiger partial charge in [-0.15, -0.1) is 0 Å². The standard InChI is InChI=1S/C16H18FN3O/c1-11(18)7-8-20-15-6-5-13(19)10-16(15)21-14-4-2-3-12(17)9-14/h2-6,9-10,18,20H,7-8,19H2,1H3. The SMILES string of the molecule is CC(=N)CCNc1ccc(N)cc1Oc1cccc(F)c1. The first kappa shape index (κ1) is 14.8. The molecule has 4 nitrogen and oxygen atoms in total. The van der Waals surface area contributed by atoms with Crippen molar-refractivity contribution in [3.05, 3.63) is 48.3 Å². The molecule has 0 spiro atoms. The Bertz CT molecular complexity index is 643. The van der Waals surface area contributed by atoms with E-state index in [1.165, 1.54) is 12.1 Å². The number of nitrogens with one attached hydrogen (secondary N) is 2. The molecule has 0 saturated carbocycles. The van der Waals surface area contributed by atoms with Gasteiger partial charge in [0.2, 0.25) is 0 Å². The smallest absolute Gasteiger partial charge is 0.152 e. The Balaban J connectivity index is 2.16. The predicted molar refractivity (Wildman–Crippen MR) is 83.8 cm³/mol. The minimum atomic E-state index is -0.356. The van der Waals surface area contributed by atoms with Crippen LogP contribution in [0.1, 0.15) is 13.3 Å². The van der Waals surface area contributed by atoms with Gasteiger partial charge in [0.25, 0.3) is 0 Å². The van der Waals surface area contributed by atoms with Crippen LogP contribution in [0.2, 0.25) is 0 Å². The number of benzene rings is 2. The number of anilines is 2. The van der Waals surface area contributed by atoms with E-state index >= 15 is 0 Å². The summed E-state index contributed by atoms with van der Waals surface area (Å²) >= 11 is 0. The van der Waals surface area contributed by atoms with Crippen LogP contribution in [0.3, 0.4) is 0 Å². The lowest BCUT2D eigenvalue weighted by Crippen LogP contribution is -2.06. The minimum Gasteiger partial charge on any atom is -0.455 e. The number of nitrogen functional groups attached to an aromatic ring is 1. The van der Waals surface area contributed by atoms with Gasteiger partial charge in [-0.2, -0.15) is 0 Å². The molecule has 2 rings (SSSR count). The van der Waals surface area contributed by atoms with Crippen LogP contribution in [-0.2, 0) is 0 Å². The summed E-state index contributed by atoms with van der Waals surface area (Å²) < 4.78 is 18.9. The highest BCUT2D eigenvalue weighted by Crippen LogP contribution is 2.31. The lowest BCUT2D eigenvalue weighted by atomic mass is 10.2.